The van der Waals surface area contributed by atoms with Gasteiger partial charge < -0.3 is 5.32 Å². The zero-order valence-corrected chi connectivity index (χ0v) is 19.3. The fourth-order valence-electron chi connectivity index (χ4n) is 3.84. The Morgan fingerprint density at radius 1 is 1.35 bits per heavy atom. The Labute approximate surface area is 198 Å². The molecule has 0 saturated carbocycles. The first-order chi connectivity index (χ1) is 16.3. The van der Waals surface area contributed by atoms with Crippen LogP contribution < -0.4 is 5.32 Å². The van der Waals surface area contributed by atoms with Gasteiger partial charge in [0.25, 0.3) is 12.3 Å². The first-order valence-electron chi connectivity index (χ1n) is 11.1. The van der Waals surface area contributed by atoms with Crippen molar-refractivity contribution in [2.75, 3.05) is 13.1 Å². The van der Waals surface area contributed by atoms with Crippen LogP contribution in [-0.4, -0.2) is 47.5 Å². The molecule has 1 fully saturated rings. The van der Waals surface area contributed by atoms with E-state index >= 15 is 0 Å². The number of piperidine rings is 1. The maximum atomic E-state index is 12.8. The van der Waals surface area contributed by atoms with Crippen LogP contribution in [0.3, 0.4) is 0 Å². The number of rotatable bonds is 7. The summed E-state index contributed by atoms with van der Waals surface area (Å²) >= 11 is 0. The smallest absolute Gasteiger partial charge is 0.280 e. The lowest BCUT2D eigenvalue weighted by Crippen LogP contribution is -2.43. The minimum Gasteiger partial charge on any atom is -0.321 e. The number of nitrogens with zero attached hydrogens (tertiary/aromatic N) is 5. The van der Waals surface area contributed by atoms with Crippen molar-refractivity contribution in [3.63, 3.8) is 0 Å². The highest BCUT2D eigenvalue weighted by atomic mass is 19.3. The number of aromatic nitrogens is 1. The molecule has 1 N–H and O–H groups in total. The Morgan fingerprint density at radius 3 is 2.76 bits per heavy atom. The normalized spacial score (nSPS) is 21.7. The number of amides is 1. The maximum absolute atomic E-state index is 12.8. The molecule has 3 rings (SSSR count). The third kappa shape index (κ3) is 6.29. The zero-order chi connectivity index (χ0) is 24.7. The molecule has 0 aliphatic carbocycles. The molecule has 1 aromatic heterocycles. The van der Waals surface area contributed by atoms with Gasteiger partial charge in [0.15, 0.2) is 0 Å². The minimum absolute atomic E-state index is 0.0534. The number of carbonyl (C=O) groups excluding carboxylic acids is 1. The van der Waals surface area contributed by atoms with Crippen molar-refractivity contribution in [2.45, 2.75) is 45.7 Å². The van der Waals surface area contributed by atoms with Gasteiger partial charge >= 0.3 is 0 Å². The Morgan fingerprint density at radius 2 is 2.09 bits per heavy atom. The molecule has 0 radical (unpaired) electrons. The number of hydrogen-bond acceptors (Lipinski definition) is 6. The SMILES string of the molecule is C=C(/C=N\C(C)=C(/C)C1=CC(C#N)C(N2CCCCC2)N=C1)NC(=O)c1ccnc(C(F)F)c1. The van der Waals surface area contributed by atoms with E-state index < -0.39 is 18.0 Å². The lowest BCUT2D eigenvalue weighted by Gasteiger charge is -2.35. The third-order valence-corrected chi connectivity index (χ3v) is 5.89. The van der Waals surface area contributed by atoms with Gasteiger partial charge in [0.1, 0.15) is 17.8 Å². The molecule has 0 spiro atoms. The molecule has 2 aliphatic rings. The lowest BCUT2D eigenvalue weighted by atomic mass is 9.95. The van der Waals surface area contributed by atoms with Crippen LogP contribution in [0, 0.1) is 17.2 Å². The van der Waals surface area contributed by atoms with Gasteiger partial charge in [0.2, 0.25) is 0 Å². The minimum atomic E-state index is -2.76. The van der Waals surface area contributed by atoms with Crippen LogP contribution >= 0.6 is 0 Å². The van der Waals surface area contributed by atoms with Crippen LogP contribution in [0.15, 0.2) is 63.5 Å². The van der Waals surface area contributed by atoms with Crippen LogP contribution in [0.2, 0.25) is 0 Å². The number of alkyl halides is 2. The number of allylic oxidation sites excluding steroid dienone is 4. The van der Waals surface area contributed by atoms with Crippen molar-refractivity contribution in [2.24, 2.45) is 15.9 Å². The number of carbonyl (C=O) groups is 1. The van der Waals surface area contributed by atoms with E-state index in [1.807, 2.05) is 19.9 Å². The summed E-state index contributed by atoms with van der Waals surface area (Å²) in [5.74, 6) is -0.917. The van der Waals surface area contributed by atoms with Crippen LogP contribution in [0.25, 0.3) is 0 Å². The summed E-state index contributed by atoms with van der Waals surface area (Å²) in [6.07, 6.45) is 6.84. The summed E-state index contributed by atoms with van der Waals surface area (Å²) in [7, 11) is 0. The number of nitrogens with one attached hydrogen (secondary N) is 1. The zero-order valence-electron chi connectivity index (χ0n) is 19.3. The molecule has 9 heteroatoms. The number of hydrogen-bond donors (Lipinski definition) is 1. The fraction of sp³-hybridized carbons (Fsp3) is 0.400. The van der Waals surface area contributed by atoms with Gasteiger partial charge in [-0.3, -0.25) is 24.7 Å². The van der Waals surface area contributed by atoms with E-state index in [-0.39, 0.29) is 23.3 Å². The highest BCUT2D eigenvalue weighted by Gasteiger charge is 2.29. The van der Waals surface area contributed by atoms with Crippen molar-refractivity contribution >= 4 is 18.3 Å². The predicted molar refractivity (Wildman–Crippen MR) is 128 cm³/mol. The molecule has 0 bridgehead atoms. The molecule has 2 aliphatic heterocycles. The number of pyridine rings is 1. The van der Waals surface area contributed by atoms with Crippen molar-refractivity contribution < 1.29 is 13.6 Å². The summed E-state index contributed by atoms with van der Waals surface area (Å²) < 4.78 is 25.6. The summed E-state index contributed by atoms with van der Waals surface area (Å²) in [4.78, 5) is 27.2. The number of likely N-dealkylation sites (tertiary alicyclic amines) is 1. The van der Waals surface area contributed by atoms with E-state index in [0.29, 0.717) is 5.70 Å². The predicted octanol–water partition coefficient (Wildman–Crippen LogP) is 4.59. The molecular formula is C25H28F2N6O. The van der Waals surface area contributed by atoms with Gasteiger partial charge in [-0.1, -0.05) is 19.1 Å². The molecule has 7 nitrogen and oxygen atoms in total. The lowest BCUT2D eigenvalue weighted by molar-refractivity contribution is 0.0967. The monoisotopic (exact) mass is 466 g/mol. The van der Waals surface area contributed by atoms with E-state index in [9.17, 15) is 18.8 Å². The molecule has 1 saturated heterocycles. The van der Waals surface area contributed by atoms with Gasteiger partial charge in [0.05, 0.1) is 18.0 Å². The second-order valence-corrected chi connectivity index (χ2v) is 8.28. The molecule has 34 heavy (non-hydrogen) atoms. The molecule has 3 heterocycles. The standard InChI is InChI=1S/C25H28F2N6O/c1-16(32-25(34)19-7-8-29-22(12-19)23(26)27)14-30-18(3)17(2)21-11-20(13-28)24(31-15-21)33-9-5-4-6-10-33/h7-8,11-12,14-15,20,23-24H,1,4-6,9-10H2,2-3H3,(H,32,34)/b18-17+,30-14-. The summed E-state index contributed by atoms with van der Waals surface area (Å²) in [5, 5.41) is 12.2. The number of nitriles is 1. The van der Waals surface area contributed by atoms with Crippen molar-refractivity contribution in [1.82, 2.24) is 15.2 Å². The third-order valence-electron chi connectivity index (χ3n) is 5.89. The Hall–Kier alpha value is -3.51. The highest BCUT2D eigenvalue weighted by Crippen LogP contribution is 2.26. The van der Waals surface area contributed by atoms with Crippen LogP contribution in [0.5, 0.6) is 0 Å². The second kappa shape index (κ2) is 11.6. The number of halogens is 2. The first kappa shape index (κ1) is 25.1. The molecule has 178 valence electrons. The fourth-order valence-corrected chi connectivity index (χ4v) is 3.84. The summed E-state index contributed by atoms with van der Waals surface area (Å²) in [5.41, 5.74) is 2.15. The molecular weight excluding hydrogens is 438 g/mol. The summed E-state index contributed by atoms with van der Waals surface area (Å²) in [6, 6.07) is 4.75. The molecule has 0 aromatic carbocycles. The van der Waals surface area contributed by atoms with Gasteiger partial charge in [0, 0.05) is 36.8 Å². The number of aliphatic imine (C=N–C) groups is 2. The van der Waals surface area contributed by atoms with Crippen LogP contribution in [0.1, 0.15) is 55.6 Å². The van der Waals surface area contributed by atoms with E-state index in [1.54, 1.807) is 6.21 Å². The first-order valence-corrected chi connectivity index (χ1v) is 11.1. The van der Waals surface area contributed by atoms with Gasteiger partial charge in [-0.05, 0) is 50.0 Å². The average Bonchev–Trinajstić information content (AvgIpc) is 2.86. The maximum Gasteiger partial charge on any atom is 0.280 e. The quantitative estimate of drug-likeness (QED) is 0.595. The van der Waals surface area contributed by atoms with Gasteiger partial charge in [-0.2, -0.15) is 5.26 Å². The molecule has 2 unspecified atom stereocenters. The van der Waals surface area contributed by atoms with Crippen molar-refractivity contribution in [3.05, 3.63) is 64.8 Å². The van der Waals surface area contributed by atoms with E-state index in [0.717, 1.165) is 49.3 Å². The highest BCUT2D eigenvalue weighted by molar-refractivity contribution is 5.98. The second-order valence-electron chi connectivity index (χ2n) is 8.28. The molecule has 1 amide bonds. The van der Waals surface area contributed by atoms with Gasteiger partial charge in [-0.15, -0.1) is 0 Å². The largest absolute Gasteiger partial charge is 0.321 e. The Bertz CT molecular complexity index is 1090. The Kier molecular flexibility index (Phi) is 8.55. The summed E-state index contributed by atoms with van der Waals surface area (Å²) in [6.45, 7) is 9.37. The van der Waals surface area contributed by atoms with Crippen LogP contribution in [-0.2, 0) is 0 Å². The average molecular weight is 467 g/mol. The van der Waals surface area contributed by atoms with Crippen molar-refractivity contribution in [1.29, 1.82) is 5.26 Å². The molecule has 2 atom stereocenters. The number of dihydropyridines is 1. The van der Waals surface area contributed by atoms with E-state index in [2.05, 4.69) is 37.8 Å². The van der Waals surface area contributed by atoms with Gasteiger partial charge in [-0.25, -0.2) is 8.78 Å². The van der Waals surface area contributed by atoms with Crippen LogP contribution in [0.4, 0.5) is 8.78 Å². The topological polar surface area (TPSA) is 93.7 Å². The van der Waals surface area contributed by atoms with E-state index in [1.165, 1.54) is 18.7 Å². The van der Waals surface area contributed by atoms with E-state index in [4.69, 9.17) is 0 Å². The molecule has 1 aromatic rings. The van der Waals surface area contributed by atoms with Crippen molar-refractivity contribution in [3.8, 4) is 6.07 Å². The Balaban J connectivity index is 1.65.